The average molecular weight is 360 g/mol. The molecule has 0 atom stereocenters. The highest BCUT2D eigenvalue weighted by Crippen LogP contribution is 2.32. The van der Waals surface area contributed by atoms with Crippen molar-refractivity contribution in [1.29, 1.82) is 5.26 Å². The van der Waals surface area contributed by atoms with Crippen molar-refractivity contribution >= 4 is 11.5 Å². The summed E-state index contributed by atoms with van der Waals surface area (Å²) in [6.07, 6.45) is 1.33. The summed E-state index contributed by atoms with van der Waals surface area (Å²) in [5.74, 6) is -0.0601. The van der Waals surface area contributed by atoms with Gasteiger partial charge in [0.2, 0.25) is 0 Å². The lowest BCUT2D eigenvalue weighted by Gasteiger charge is -2.09. The van der Waals surface area contributed by atoms with Gasteiger partial charge in [-0.05, 0) is 12.1 Å². The van der Waals surface area contributed by atoms with Crippen molar-refractivity contribution in [3.05, 3.63) is 72.0 Å². The molecule has 6 nitrogen and oxygen atoms in total. The molecule has 0 saturated heterocycles. The third kappa shape index (κ3) is 3.58. The highest BCUT2D eigenvalue weighted by molar-refractivity contribution is 6.17. The molecule has 1 aromatic heterocycles. The molecule has 0 radical (unpaired) electrons. The molecule has 0 aliphatic heterocycles. The maximum Gasteiger partial charge on any atom is 0.341 e. The van der Waals surface area contributed by atoms with Crippen LogP contribution < -0.4 is 0 Å². The van der Waals surface area contributed by atoms with Gasteiger partial charge in [-0.3, -0.25) is 0 Å². The monoisotopic (exact) mass is 360 g/mol. The average Bonchev–Trinajstić information content (AvgIpc) is 3.21. The quantitative estimate of drug-likeness (QED) is 0.388. The zero-order valence-electron chi connectivity index (χ0n) is 14.8. The predicted molar refractivity (Wildman–Crippen MR) is 99.1 cm³/mol. The van der Waals surface area contributed by atoms with Gasteiger partial charge in [0.25, 0.3) is 0 Å². The normalized spacial score (nSPS) is 10.9. The molecule has 27 heavy (non-hydrogen) atoms. The zero-order chi connectivity index (χ0) is 19.2. The fourth-order valence-electron chi connectivity index (χ4n) is 2.72. The van der Waals surface area contributed by atoms with Crippen LogP contribution in [0.25, 0.3) is 28.2 Å². The third-order valence-electron chi connectivity index (χ3n) is 3.96. The van der Waals surface area contributed by atoms with Gasteiger partial charge in [0.15, 0.2) is 5.76 Å². The van der Waals surface area contributed by atoms with Crippen LogP contribution in [0.4, 0.5) is 0 Å². The lowest BCUT2D eigenvalue weighted by atomic mass is 9.97. The summed E-state index contributed by atoms with van der Waals surface area (Å²) in [6.45, 7) is 0. The van der Waals surface area contributed by atoms with Gasteiger partial charge in [0.1, 0.15) is 11.3 Å². The number of rotatable bonds is 5. The SMILES string of the molecule is COC=C(C(=O)OC)c1ccccc1-c1cc(-c2ccccc2C#N)on1. The largest absolute Gasteiger partial charge is 0.503 e. The lowest BCUT2D eigenvalue weighted by molar-refractivity contribution is -0.133. The zero-order valence-corrected chi connectivity index (χ0v) is 14.8. The van der Waals surface area contributed by atoms with Gasteiger partial charge in [-0.15, -0.1) is 0 Å². The summed E-state index contributed by atoms with van der Waals surface area (Å²) >= 11 is 0. The van der Waals surface area contributed by atoms with Crippen LogP contribution in [0, 0.1) is 11.3 Å². The first-order chi connectivity index (χ1) is 13.2. The van der Waals surface area contributed by atoms with E-state index in [4.69, 9.17) is 14.0 Å². The van der Waals surface area contributed by atoms with Gasteiger partial charge >= 0.3 is 5.97 Å². The van der Waals surface area contributed by atoms with E-state index in [0.29, 0.717) is 33.7 Å². The highest BCUT2D eigenvalue weighted by Gasteiger charge is 2.20. The first kappa shape index (κ1) is 18.0. The number of hydrogen-bond acceptors (Lipinski definition) is 6. The Bertz CT molecular complexity index is 1040. The molecule has 3 rings (SSSR count). The van der Waals surface area contributed by atoms with Crippen molar-refractivity contribution in [1.82, 2.24) is 5.16 Å². The number of carbonyl (C=O) groups is 1. The van der Waals surface area contributed by atoms with E-state index in [1.807, 2.05) is 18.2 Å². The summed E-state index contributed by atoms with van der Waals surface area (Å²) < 4.78 is 15.3. The number of esters is 1. The van der Waals surface area contributed by atoms with E-state index in [-0.39, 0.29) is 5.57 Å². The Morgan fingerprint density at radius 2 is 1.81 bits per heavy atom. The Labute approximate surface area is 156 Å². The van der Waals surface area contributed by atoms with Gasteiger partial charge in [0.05, 0.1) is 32.1 Å². The fraction of sp³-hybridized carbons (Fsp3) is 0.0952. The second kappa shape index (κ2) is 8.02. The third-order valence-corrected chi connectivity index (χ3v) is 3.96. The first-order valence-corrected chi connectivity index (χ1v) is 8.07. The number of benzene rings is 2. The second-order valence-electron chi connectivity index (χ2n) is 5.54. The number of nitriles is 1. The molecule has 0 fully saturated rings. The van der Waals surface area contributed by atoms with Crippen molar-refractivity contribution < 1.29 is 18.8 Å². The molecule has 0 bridgehead atoms. The van der Waals surface area contributed by atoms with Crippen LogP contribution in [-0.4, -0.2) is 25.3 Å². The van der Waals surface area contributed by atoms with E-state index in [0.717, 1.165) is 0 Å². The molecule has 0 saturated carbocycles. The molecular formula is C21H16N2O4. The van der Waals surface area contributed by atoms with Crippen LogP contribution >= 0.6 is 0 Å². The molecule has 0 aliphatic rings. The molecule has 0 spiro atoms. The molecule has 0 unspecified atom stereocenters. The van der Waals surface area contributed by atoms with Crippen LogP contribution in [0.3, 0.4) is 0 Å². The lowest BCUT2D eigenvalue weighted by Crippen LogP contribution is -2.05. The smallest absolute Gasteiger partial charge is 0.341 e. The van der Waals surface area contributed by atoms with E-state index in [9.17, 15) is 10.1 Å². The van der Waals surface area contributed by atoms with Crippen molar-refractivity contribution in [3.8, 4) is 28.7 Å². The molecule has 0 aliphatic carbocycles. The van der Waals surface area contributed by atoms with Crippen molar-refractivity contribution in [2.75, 3.05) is 14.2 Å². The van der Waals surface area contributed by atoms with Crippen LogP contribution in [-0.2, 0) is 14.3 Å². The van der Waals surface area contributed by atoms with E-state index in [2.05, 4.69) is 11.2 Å². The molecule has 2 aromatic carbocycles. The van der Waals surface area contributed by atoms with E-state index >= 15 is 0 Å². The Morgan fingerprint density at radius 1 is 1.11 bits per heavy atom. The summed E-state index contributed by atoms with van der Waals surface area (Å²) in [6, 6.07) is 18.2. The molecule has 134 valence electrons. The van der Waals surface area contributed by atoms with E-state index in [1.165, 1.54) is 20.5 Å². The maximum atomic E-state index is 12.1. The molecule has 1 heterocycles. The number of aromatic nitrogens is 1. The highest BCUT2D eigenvalue weighted by atomic mass is 16.5. The molecule has 3 aromatic rings. The van der Waals surface area contributed by atoms with Crippen molar-refractivity contribution in [3.63, 3.8) is 0 Å². The van der Waals surface area contributed by atoms with Gasteiger partial charge in [-0.1, -0.05) is 41.6 Å². The number of nitrogens with zero attached hydrogens (tertiary/aromatic N) is 2. The van der Waals surface area contributed by atoms with Crippen LogP contribution in [0.1, 0.15) is 11.1 Å². The number of hydrogen-bond donors (Lipinski definition) is 0. The minimum Gasteiger partial charge on any atom is -0.503 e. The molecular weight excluding hydrogens is 344 g/mol. The molecule has 6 heteroatoms. The van der Waals surface area contributed by atoms with Gasteiger partial charge in [0, 0.05) is 22.8 Å². The Kier molecular flexibility index (Phi) is 5.33. The Balaban J connectivity index is 2.10. The summed E-state index contributed by atoms with van der Waals surface area (Å²) in [4.78, 5) is 12.1. The number of carbonyl (C=O) groups excluding carboxylic acids is 1. The predicted octanol–water partition coefficient (Wildman–Crippen LogP) is 4.04. The van der Waals surface area contributed by atoms with Gasteiger partial charge in [-0.2, -0.15) is 5.26 Å². The van der Waals surface area contributed by atoms with Gasteiger partial charge < -0.3 is 14.0 Å². The fourth-order valence-corrected chi connectivity index (χ4v) is 2.72. The summed E-state index contributed by atoms with van der Waals surface area (Å²) in [5.41, 5.74) is 3.20. The van der Waals surface area contributed by atoms with Gasteiger partial charge in [-0.25, -0.2) is 4.79 Å². The topological polar surface area (TPSA) is 85.4 Å². The summed E-state index contributed by atoms with van der Waals surface area (Å²) in [7, 11) is 2.76. The Morgan fingerprint density at radius 3 is 2.52 bits per heavy atom. The van der Waals surface area contributed by atoms with Crippen molar-refractivity contribution in [2.24, 2.45) is 0 Å². The van der Waals surface area contributed by atoms with E-state index < -0.39 is 5.97 Å². The van der Waals surface area contributed by atoms with Crippen LogP contribution in [0.2, 0.25) is 0 Å². The number of ether oxygens (including phenoxy) is 2. The minimum absolute atomic E-state index is 0.262. The number of methoxy groups -OCH3 is 2. The molecule has 0 amide bonds. The second-order valence-corrected chi connectivity index (χ2v) is 5.54. The van der Waals surface area contributed by atoms with E-state index in [1.54, 1.807) is 36.4 Å². The minimum atomic E-state index is -0.525. The Hall–Kier alpha value is -3.85. The van der Waals surface area contributed by atoms with Crippen molar-refractivity contribution in [2.45, 2.75) is 0 Å². The standard InChI is InChI=1S/C21H16N2O4/c1-25-13-18(21(24)26-2)16-9-5-6-10-17(16)19-11-20(27-23-19)15-8-4-3-7-14(15)12-22/h3-11,13H,1-2H3. The summed E-state index contributed by atoms with van der Waals surface area (Å²) in [5, 5.41) is 13.4. The van der Waals surface area contributed by atoms with Crippen LogP contribution in [0.15, 0.2) is 65.4 Å². The maximum absolute atomic E-state index is 12.1. The first-order valence-electron chi connectivity index (χ1n) is 8.07. The van der Waals surface area contributed by atoms with Crippen LogP contribution in [0.5, 0.6) is 0 Å². The molecule has 0 N–H and O–H groups in total.